The Morgan fingerprint density at radius 2 is 1.81 bits per heavy atom. The first kappa shape index (κ1) is 11.7. The van der Waals surface area contributed by atoms with E-state index in [1.54, 1.807) is 42.5 Å². The predicted molar refractivity (Wildman–Crippen MR) is 98.5 cm³/mol. The van der Waals surface area contributed by atoms with Crippen LogP contribution in [-0.2, 0) is 9.53 Å². The number of hydrogen-bond donors (Lipinski definition) is 0. The number of nitrogens with zero attached hydrogens (tertiary/aromatic N) is 1. The Balaban J connectivity index is 1.84. The Bertz CT molecular complexity index is 1030. The Hall–Kier alpha value is -2.80. The molecule has 2 aromatic carbocycles. The largest absolute Gasteiger partial charge is 0.457 e. The Labute approximate surface area is 162 Å². The Morgan fingerprint density at radius 1 is 1.12 bits per heavy atom. The SMILES string of the molecule is [2H]C([2H])([2H])C1(C([2H])([2H])[2H])C(C(=O)OC(C#N)c2cccc(Oc3ccccc3)c2)C1(C)C. The number of nitriles is 1. The number of ether oxygens (including phenoxy) is 2. The van der Waals surface area contributed by atoms with Crippen molar-refractivity contribution in [2.24, 2.45) is 16.7 Å². The molecule has 0 bridgehead atoms. The fraction of sp³-hybridized carbons (Fsp3) is 0.364. The summed E-state index contributed by atoms with van der Waals surface area (Å²) in [6.07, 6.45) is -1.36. The van der Waals surface area contributed by atoms with Crippen LogP contribution in [0.4, 0.5) is 0 Å². The third-order valence-electron chi connectivity index (χ3n) is 4.81. The zero-order chi connectivity index (χ0) is 23.9. The van der Waals surface area contributed by atoms with Gasteiger partial charge < -0.3 is 9.47 Å². The first-order valence-electron chi connectivity index (χ1n) is 11.2. The van der Waals surface area contributed by atoms with Crippen LogP contribution in [0.25, 0.3) is 0 Å². The highest BCUT2D eigenvalue weighted by Crippen LogP contribution is 2.68. The fourth-order valence-electron chi connectivity index (χ4n) is 2.95. The molecule has 4 nitrogen and oxygen atoms in total. The molecule has 134 valence electrons. The molecule has 1 saturated carbocycles. The van der Waals surface area contributed by atoms with Gasteiger partial charge in [0.2, 0.25) is 6.10 Å². The van der Waals surface area contributed by atoms with Crippen molar-refractivity contribution in [3.63, 3.8) is 0 Å². The molecule has 0 radical (unpaired) electrons. The molecular formula is C22H23NO3. The number of benzene rings is 2. The van der Waals surface area contributed by atoms with Crippen LogP contribution in [0.2, 0.25) is 0 Å². The summed E-state index contributed by atoms with van der Waals surface area (Å²) in [4.78, 5) is 12.9. The van der Waals surface area contributed by atoms with E-state index in [9.17, 15) is 10.1 Å². The van der Waals surface area contributed by atoms with Gasteiger partial charge in [0.25, 0.3) is 0 Å². The highest BCUT2D eigenvalue weighted by molar-refractivity contribution is 5.79. The lowest BCUT2D eigenvalue weighted by Gasteiger charge is -2.14. The molecule has 0 saturated heterocycles. The quantitative estimate of drug-likeness (QED) is 0.686. The molecule has 0 spiro atoms. The third kappa shape index (κ3) is 3.17. The molecule has 0 N–H and O–H groups in total. The van der Waals surface area contributed by atoms with Crippen LogP contribution in [0.3, 0.4) is 0 Å². The number of esters is 1. The smallest absolute Gasteiger partial charge is 0.311 e. The second kappa shape index (κ2) is 6.49. The van der Waals surface area contributed by atoms with E-state index in [0.29, 0.717) is 17.1 Å². The van der Waals surface area contributed by atoms with Gasteiger partial charge in [-0.25, -0.2) is 0 Å². The van der Waals surface area contributed by atoms with Crippen LogP contribution in [0, 0.1) is 28.1 Å². The maximum Gasteiger partial charge on any atom is 0.311 e. The van der Waals surface area contributed by atoms with Gasteiger partial charge in [-0.2, -0.15) is 5.26 Å². The number of rotatable bonds is 5. The third-order valence-corrected chi connectivity index (χ3v) is 4.81. The summed E-state index contributed by atoms with van der Waals surface area (Å²) in [6.45, 7) is -2.99. The summed E-state index contributed by atoms with van der Waals surface area (Å²) in [5, 5.41) is 9.60. The average molecular weight is 355 g/mol. The van der Waals surface area contributed by atoms with Crippen LogP contribution >= 0.6 is 0 Å². The maximum absolute atomic E-state index is 12.9. The minimum Gasteiger partial charge on any atom is -0.457 e. The molecule has 3 rings (SSSR count). The summed E-state index contributed by atoms with van der Waals surface area (Å²) in [5.74, 6) is -1.44. The normalized spacial score (nSPS) is 24.9. The van der Waals surface area contributed by atoms with E-state index in [1.807, 2.05) is 12.1 Å². The number of carbonyl (C=O) groups excluding carboxylic acids is 1. The summed E-state index contributed by atoms with van der Waals surface area (Å²) >= 11 is 0. The zero-order valence-corrected chi connectivity index (χ0v) is 14.5. The number of hydrogen-bond acceptors (Lipinski definition) is 4. The highest BCUT2D eigenvalue weighted by Gasteiger charge is 2.69. The van der Waals surface area contributed by atoms with E-state index in [1.165, 1.54) is 19.9 Å². The van der Waals surface area contributed by atoms with Crippen molar-refractivity contribution in [3.8, 4) is 17.6 Å². The van der Waals surface area contributed by atoms with Crippen LogP contribution in [0.5, 0.6) is 11.5 Å². The topological polar surface area (TPSA) is 59.3 Å². The van der Waals surface area contributed by atoms with Crippen molar-refractivity contribution in [2.75, 3.05) is 0 Å². The van der Waals surface area contributed by atoms with Gasteiger partial charge >= 0.3 is 5.97 Å². The molecule has 0 heterocycles. The molecule has 0 amide bonds. The van der Waals surface area contributed by atoms with Gasteiger partial charge in [-0.1, -0.05) is 57.9 Å². The first-order valence-corrected chi connectivity index (χ1v) is 8.20. The first-order chi connectivity index (χ1) is 14.8. The monoisotopic (exact) mass is 355 g/mol. The van der Waals surface area contributed by atoms with Crippen molar-refractivity contribution in [2.45, 2.75) is 33.7 Å². The van der Waals surface area contributed by atoms with Crippen molar-refractivity contribution in [3.05, 3.63) is 60.2 Å². The lowest BCUT2D eigenvalue weighted by Crippen LogP contribution is -2.15. The molecule has 0 aliphatic heterocycles. The van der Waals surface area contributed by atoms with Crippen LogP contribution in [-0.4, -0.2) is 5.97 Å². The molecular weight excluding hydrogens is 326 g/mol. The second-order valence-electron chi connectivity index (χ2n) is 6.90. The zero-order valence-electron chi connectivity index (χ0n) is 20.5. The minimum atomic E-state index is -2.92. The lowest BCUT2D eigenvalue weighted by molar-refractivity contribution is -0.150. The molecule has 1 aliphatic rings. The van der Waals surface area contributed by atoms with Gasteiger partial charge in [-0.05, 0) is 35.1 Å². The van der Waals surface area contributed by atoms with Gasteiger partial charge in [0, 0.05) is 13.8 Å². The summed E-state index contributed by atoms with van der Waals surface area (Å²) in [6, 6.07) is 17.2. The van der Waals surface area contributed by atoms with Gasteiger partial charge in [0.15, 0.2) is 0 Å². The predicted octanol–water partition coefficient (Wildman–Crippen LogP) is 5.27. The average Bonchev–Trinajstić information content (AvgIpc) is 3.25. The summed E-state index contributed by atoms with van der Waals surface area (Å²) < 4.78 is 58.1. The molecule has 26 heavy (non-hydrogen) atoms. The Kier molecular flexibility index (Phi) is 2.93. The van der Waals surface area contributed by atoms with Crippen molar-refractivity contribution in [1.29, 1.82) is 5.26 Å². The van der Waals surface area contributed by atoms with E-state index in [0.717, 1.165) is 0 Å². The van der Waals surface area contributed by atoms with Gasteiger partial charge in [-0.15, -0.1) is 0 Å². The van der Waals surface area contributed by atoms with Gasteiger partial charge in [0.05, 0.1) is 5.92 Å². The second-order valence-corrected chi connectivity index (χ2v) is 6.90. The molecule has 2 unspecified atom stereocenters. The molecule has 1 aliphatic carbocycles. The van der Waals surface area contributed by atoms with Crippen molar-refractivity contribution < 1.29 is 22.5 Å². The highest BCUT2D eigenvalue weighted by atomic mass is 16.5. The van der Waals surface area contributed by atoms with E-state index >= 15 is 0 Å². The summed E-state index contributed by atoms with van der Waals surface area (Å²) in [5.41, 5.74) is -3.29. The Morgan fingerprint density at radius 3 is 2.42 bits per heavy atom. The maximum atomic E-state index is 12.9. The van der Waals surface area contributed by atoms with Gasteiger partial charge in [0.1, 0.15) is 17.6 Å². The van der Waals surface area contributed by atoms with Gasteiger partial charge in [-0.3, -0.25) is 4.79 Å². The fourth-order valence-corrected chi connectivity index (χ4v) is 2.95. The van der Waals surface area contributed by atoms with E-state index in [4.69, 9.17) is 17.7 Å². The van der Waals surface area contributed by atoms with E-state index in [2.05, 4.69) is 0 Å². The standard InChI is InChI=1S/C22H23NO3/c1-21(2)19(22(21,3)4)20(24)26-18(14-23)15-9-8-12-17(13-15)25-16-10-6-5-7-11-16/h5-13,18-19H,1-4H3/i1D3,2D3. The van der Waals surface area contributed by atoms with Crippen LogP contribution < -0.4 is 4.74 Å². The molecule has 4 heteroatoms. The molecule has 0 aromatic heterocycles. The molecule has 2 atom stereocenters. The number of para-hydroxylation sites is 1. The van der Waals surface area contributed by atoms with Crippen LogP contribution in [0.15, 0.2) is 54.6 Å². The van der Waals surface area contributed by atoms with Crippen LogP contribution in [0.1, 0.15) is 47.4 Å². The molecule has 2 aromatic rings. The summed E-state index contributed by atoms with van der Waals surface area (Å²) in [7, 11) is 0. The lowest BCUT2D eigenvalue weighted by atomic mass is 10.0. The van der Waals surface area contributed by atoms with E-state index < -0.39 is 42.5 Å². The molecule has 1 fully saturated rings. The van der Waals surface area contributed by atoms with Crippen molar-refractivity contribution in [1.82, 2.24) is 0 Å². The number of carbonyl (C=O) groups is 1. The van der Waals surface area contributed by atoms with E-state index in [-0.39, 0.29) is 0 Å². The van der Waals surface area contributed by atoms with Crippen molar-refractivity contribution >= 4 is 5.97 Å². The minimum absolute atomic E-state index is 0.320.